The van der Waals surface area contributed by atoms with Crippen LogP contribution in [0.2, 0.25) is 0 Å². The molecule has 0 spiro atoms. The van der Waals surface area contributed by atoms with Crippen molar-refractivity contribution < 1.29 is 21.7 Å². The minimum atomic E-state index is 0.433. The zero-order chi connectivity index (χ0) is 16.4. The van der Waals surface area contributed by atoms with E-state index < -0.39 is 0 Å². The molecule has 124 valence electrons. The summed E-state index contributed by atoms with van der Waals surface area (Å²) in [7, 11) is 0. The number of benzene rings is 1. The van der Waals surface area contributed by atoms with Crippen LogP contribution in [-0.2, 0) is 17.3 Å². The molecule has 0 aliphatic carbocycles. The van der Waals surface area contributed by atoms with E-state index in [0.29, 0.717) is 11.8 Å². The van der Waals surface area contributed by atoms with Gasteiger partial charge in [-0.3, -0.25) is 0 Å². The molecule has 23 heavy (non-hydrogen) atoms. The van der Waals surface area contributed by atoms with Gasteiger partial charge in [0, 0.05) is 17.0 Å². The quantitative estimate of drug-likeness (QED) is 0.275. The van der Waals surface area contributed by atoms with Gasteiger partial charge >= 0.3 is 36.3 Å². The van der Waals surface area contributed by atoms with Gasteiger partial charge in [0.15, 0.2) is 5.58 Å². The van der Waals surface area contributed by atoms with Crippen LogP contribution in [0.25, 0.3) is 22.1 Å². The molecule has 0 atom stereocenters. The summed E-state index contributed by atoms with van der Waals surface area (Å²) >= 11 is 4.88. The van der Waals surface area contributed by atoms with Crippen LogP contribution < -0.4 is 4.90 Å². The molecule has 1 aliphatic rings. The second-order valence-corrected chi connectivity index (χ2v) is 5.47. The van der Waals surface area contributed by atoms with E-state index in [1.807, 2.05) is 31.2 Å². The number of rotatable bonds is 2. The number of furan rings is 1. The summed E-state index contributed by atoms with van der Waals surface area (Å²) < 4.78 is 5.97. The molecule has 4 rings (SSSR count). The summed E-state index contributed by atoms with van der Waals surface area (Å²) in [5, 5.41) is 2.15. The maximum absolute atomic E-state index is 5.97. The van der Waals surface area contributed by atoms with Gasteiger partial charge in [-0.25, -0.2) is 4.98 Å². The van der Waals surface area contributed by atoms with E-state index in [1.165, 1.54) is 0 Å². The van der Waals surface area contributed by atoms with Crippen molar-refractivity contribution in [1.29, 1.82) is 0 Å². The van der Waals surface area contributed by atoms with Crippen molar-refractivity contribution in [2.45, 2.75) is 19.9 Å². The van der Waals surface area contributed by atoms with E-state index in [1.54, 1.807) is 6.20 Å². The van der Waals surface area contributed by atoms with E-state index in [-0.39, 0.29) is 0 Å². The molecule has 3 aromatic rings. The second-order valence-electron chi connectivity index (χ2n) is 5.47. The number of aromatic nitrogens is 1. The molecule has 3 heterocycles. The van der Waals surface area contributed by atoms with Crippen LogP contribution in [0.5, 0.6) is 0 Å². The molecule has 0 saturated carbocycles. The van der Waals surface area contributed by atoms with Crippen LogP contribution in [-0.4, -0.2) is 15.9 Å². The number of pyridine rings is 1. The fourth-order valence-corrected chi connectivity index (χ4v) is 2.64. The zero-order valence-electron chi connectivity index (χ0n) is 12.7. The van der Waals surface area contributed by atoms with E-state index in [9.17, 15) is 0 Å². The Labute approximate surface area is 158 Å². The monoisotopic (exact) mass is 512 g/mol. The first-order chi connectivity index (χ1) is 11.2. The molecule has 0 unspecified atom stereocenters. The van der Waals surface area contributed by atoms with Gasteiger partial charge in [-0.05, 0) is 50.5 Å². The van der Waals surface area contributed by atoms with Gasteiger partial charge in [-0.1, -0.05) is 12.1 Å². The number of anilines is 1. The van der Waals surface area contributed by atoms with Crippen molar-refractivity contribution in [3.63, 3.8) is 0 Å². The van der Waals surface area contributed by atoms with Gasteiger partial charge in [0.2, 0.25) is 5.71 Å². The molecule has 0 fully saturated rings. The van der Waals surface area contributed by atoms with Crippen molar-refractivity contribution in [2.24, 2.45) is 0 Å². The SMILES string of the molecule is CC(C)N1C=CN(c2cccc3c2oc2ncccc23)[CH-]1.[Ag][I]. The van der Waals surface area contributed by atoms with Crippen molar-refractivity contribution in [3.8, 4) is 0 Å². The first-order valence-corrected chi connectivity index (χ1v) is 11.6. The van der Waals surface area contributed by atoms with Crippen LogP contribution in [0, 0.1) is 6.67 Å². The topological polar surface area (TPSA) is 32.5 Å². The average molecular weight is 513 g/mol. The first-order valence-electron chi connectivity index (χ1n) is 7.21. The molecule has 0 N–H and O–H groups in total. The summed E-state index contributed by atoms with van der Waals surface area (Å²) in [4.78, 5) is 8.56. The molecular weight excluding hydrogens is 497 g/mol. The molecule has 6 heteroatoms. The third-order valence-electron chi connectivity index (χ3n) is 3.79. The van der Waals surface area contributed by atoms with Crippen molar-refractivity contribution in [3.05, 3.63) is 55.6 Å². The Morgan fingerprint density at radius 3 is 2.65 bits per heavy atom. The minimum absolute atomic E-state index is 0.433. The van der Waals surface area contributed by atoms with Gasteiger partial charge in [0.05, 0.1) is 5.69 Å². The van der Waals surface area contributed by atoms with Gasteiger partial charge in [-0.15, -0.1) is 0 Å². The van der Waals surface area contributed by atoms with Crippen molar-refractivity contribution >= 4 is 46.8 Å². The Morgan fingerprint density at radius 2 is 1.91 bits per heavy atom. The summed E-state index contributed by atoms with van der Waals surface area (Å²) in [6.45, 7) is 6.41. The number of halogens is 1. The Hall–Kier alpha value is -1.02. The molecule has 1 aromatic carbocycles. The second kappa shape index (κ2) is 7.25. The average Bonchev–Trinajstić information content (AvgIpc) is 3.21. The number of hydrogen-bond donors (Lipinski definition) is 0. The van der Waals surface area contributed by atoms with Gasteiger partial charge in [-0.2, -0.15) is 6.67 Å². The number of para-hydroxylation sites is 1. The third-order valence-corrected chi connectivity index (χ3v) is 3.79. The molecule has 0 amide bonds. The number of nitrogens with zero attached hydrogens (tertiary/aromatic N) is 3. The molecule has 2 aromatic heterocycles. The normalized spacial score (nSPS) is 14.0. The van der Waals surface area contributed by atoms with E-state index in [0.717, 1.165) is 22.0 Å². The summed E-state index contributed by atoms with van der Waals surface area (Å²) in [5.74, 6) is 0. The Balaban J connectivity index is 0.000000753. The van der Waals surface area contributed by atoms with Crippen LogP contribution in [0.3, 0.4) is 0 Å². The number of fused-ring (bicyclic) bond motifs is 3. The standard InChI is InChI=1S/C17H16N3O.Ag.HI/c1-12(2)19-9-10-20(11-19)15-7-3-5-13-14-6-4-8-18-17(14)21-16(13)15;;/h3-12H,1-2H3;;1H/q-1;+1;/p-1. The van der Waals surface area contributed by atoms with E-state index in [2.05, 4.69) is 83.2 Å². The molecule has 0 saturated heterocycles. The Morgan fingerprint density at radius 1 is 1.13 bits per heavy atom. The maximum atomic E-state index is 5.97. The third kappa shape index (κ3) is 3.15. The van der Waals surface area contributed by atoms with Crippen molar-refractivity contribution in [1.82, 2.24) is 9.88 Å². The molecule has 4 nitrogen and oxygen atoms in total. The van der Waals surface area contributed by atoms with Gasteiger partial charge in [0.25, 0.3) is 0 Å². The fraction of sp³-hybridized carbons (Fsp3) is 0.176. The van der Waals surface area contributed by atoms with Crippen molar-refractivity contribution in [2.75, 3.05) is 4.90 Å². The van der Waals surface area contributed by atoms with E-state index in [4.69, 9.17) is 4.42 Å². The van der Waals surface area contributed by atoms with Gasteiger partial charge < -0.3 is 14.2 Å². The summed E-state index contributed by atoms with van der Waals surface area (Å²) in [5.41, 5.74) is 2.59. The van der Waals surface area contributed by atoms with Gasteiger partial charge in [0.1, 0.15) is 0 Å². The van der Waals surface area contributed by atoms with Crippen LogP contribution in [0.1, 0.15) is 13.8 Å². The van der Waals surface area contributed by atoms with Crippen LogP contribution in [0.15, 0.2) is 53.3 Å². The summed E-state index contributed by atoms with van der Waals surface area (Å²) in [6.07, 6.45) is 5.88. The Kier molecular flexibility index (Phi) is 5.31. The number of hydrogen-bond acceptors (Lipinski definition) is 4. The fourth-order valence-electron chi connectivity index (χ4n) is 2.64. The summed E-state index contributed by atoms with van der Waals surface area (Å²) in [6, 6.07) is 10.6. The molecule has 0 radical (unpaired) electrons. The zero-order valence-corrected chi connectivity index (χ0v) is 16.3. The van der Waals surface area contributed by atoms with E-state index >= 15 is 0 Å². The predicted molar refractivity (Wildman–Crippen MR) is 98.4 cm³/mol. The van der Waals surface area contributed by atoms with Crippen LogP contribution in [0.4, 0.5) is 5.69 Å². The molecular formula is C17H16AgIN3O-. The molecule has 0 bridgehead atoms. The van der Waals surface area contributed by atoms with Crippen LogP contribution >= 0.6 is 19.0 Å². The molecule has 1 aliphatic heterocycles. The predicted octanol–water partition coefficient (Wildman–Crippen LogP) is 4.99. The Bertz CT molecular complexity index is 846. The first kappa shape index (κ1) is 16.8.